The molecule has 0 bridgehead atoms. The molecule has 1 aliphatic rings. The first-order valence-corrected chi connectivity index (χ1v) is 7.90. The molecule has 0 saturated heterocycles. The lowest BCUT2D eigenvalue weighted by Gasteiger charge is -2.26. The fourth-order valence-electron chi connectivity index (χ4n) is 2.76. The maximum atomic E-state index is 13.4. The first kappa shape index (κ1) is 15.6. The van der Waals surface area contributed by atoms with E-state index in [1.54, 1.807) is 19.1 Å². The van der Waals surface area contributed by atoms with Crippen LogP contribution in [0.25, 0.3) is 0 Å². The molecule has 0 spiro atoms. The molecule has 122 valence electrons. The summed E-state index contributed by atoms with van der Waals surface area (Å²) in [6, 6.07) is 5.69. The highest BCUT2D eigenvalue weighted by Gasteiger charge is 2.26. The number of carbonyl (C=O) groups excluding carboxylic acids is 1. The van der Waals surface area contributed by atoms with Crippen LogP contribution in [0.4, 0.5) is 4.39 Å². The van der Waals surface area contributed by atoms with Gasteiger partial charge in [-0.3, -0.25) is 4.79 Å². The maximum absolute atomic E-state index is 13.4. The molecule has 1 heterocycles. The Morgan fingerprint density at radius 2 is 2.30 bits per heavy atom. The van der Waals surface area contributed by atoms with Crippen LogP contribution >= 0.6 is 0 Å². The van der Waals surface area contributed by atoms with Crippen LogP contribution in [0.15, 0.2) is 24.3 Å². The molecule has 1 aromatic carbocycles. The van der Waals surface area contributed by atoms with Gasteiger partial charge >= 0.3 is 0 Å². The van der Waals surface area contributed by atoms with Gasteiger partial charge in [0.1, 0.15) is 17.7 Å². The summed E-state index contributed by atoms with van der Waals surface area (Å²) in [5.41, 5.74) is 0.740. The van der Waals surface area contributed by atoms with Crippen molar-refractivity contribution in [1.29, 1.82) is 0 Å². The fraction of sp³-hybridized carbons (Fsp3) is 0.500. The van der Waals surface area contributed by atoms with Gasteiger partial charge in [0.25, 0.3) is 0 Å². The first-order valence-electron chi connectivity index (χ1n) is 7.90. The second-order valence-corrected chi connectivity index (χ2v) is 6.06. The van der Waals surface area contributed by atoms with Gasteiger partial charge in [-0.1, -0.05) is 18.6 Å². The van der Waals surface area contributed by atoms with Crippen molar-refractivity contribution in [3.63, 3.8) is 0 Å². The predicted molar refractivity (Wildman–Crippen MR) is 82.0 cm³/mol. The summed E-state index contributed by atoms with van der Waals surface area (Å²) in [4.78, 5) is 12.6. The predicted octanol–water partition coefficient (Wildman–Crippen LogP) is 1.82. The van der Waals surface area contributed by atoms with Crippen LogP contribution in [-0.4, -0.2) is 32.7 Å². The van der Waals surface area contributed by atoms with Crippen LogP contribution in [0, 0.1) is 18.7 Å². The number of hydrogen-bond acceptors (Lipinski definition) is 4. The summed E-state index contributed by atoms with van der Waals surface area (Å²) < 4.78 is 14.9. The molecule has 2 aromatic rings. The smallest absolute Gasteiger partial charge is 0.245 e. The Morgan fingerprint density at radius 1 is 1.48 bits per heavy atom. The monoisotopic (exact) mass is 317 g/mol. The zero-order valence-electron chi connectivity index (χ0n) is 13.1. The lowest BCUT2D eigenvalue weighted by atomic mass is 9.85. The number of tetrazole rings is 1. The van der Waals surface area contributed by atoms with Gasteiger partial charge in [-0.05, 0) is 53.8 Å². The lowest BCUT2D eigenvalue weighted by molar-refractivity contribution is -0.125. The third-order valence-corrected chi connectivity index (χ3v) is 4.36. The van der Waals surface area contributed by atoms with E-state index in [1.807, 2.05) is 0 Å². The largest absolute Gasteiger partial charge is 0.354 e. The van der Waals surface area contributed by atoms with E-state index in [4.69, 9.17) is 0 Å². The Hall–Kier alpha value is -2.31. The highest BCUT2D eigenvalue weighted by Crippen LogP contribution is 2.25. The van der Waals surface area contributed by atoms with Gasteiger partial charge in [0, 0.05) is 13.0 Å². The Kier molecular flexibility index (Phi) is 4.64. The summed E-state index contributed by atoms with van der Waals surface area (Å²) in [7, 11) is 0. The minimum atomic E-state index is -0.577. The van der Waals surface area contributed by atoms with Gasteiger partial charge in [0.15, 0.2) is 0 Å². The number of aryl methyl sites for hydroxylation is 1. The molecule has 3 rings (SSSR count). The van der Waals surface area contributed by atoms with Gasteiger partial charge < -0.3 is 5.32 Å². The number of carbonyl (C=O) groups is 1. The van der Waals surface area contributed by atoms with Crippen molar-refractivity contribution in [2.45, 2.75) is 38.6 Å². The van der Waals surface area contributed by atoms with Crippen molar-refractivity contribution in [3.8, 4) is 0 Å². The first-order chi connectivity index (χ1) is 11.1. The van der Waals surface area contributed by atoms with Crippen LogP contribution in [0.2, 0.25) is 0 Å². The zero-order valence-corrected chi connectivity index (χ0v) is 13.1. The number of aromatic nitrogens is 4. The molecule has 0 aliphatic heterocycles. The number of benzene rings is 1. The molecule has 7 heteroatoms. The normalized spacial score (nSPS) is 15.9. The molecule has 1 fully saturated rings. The van der Waals surface area contributed by atoms with Crippen molar-refractivity contribution in [1.82, 2.24) is 25.5 Å². The quantitative estimate of drug-likeness (QED) is 0.882. The third-order valence-electron chi connectivity index (χ3n) is 4.36. The van der Waals surface area contributed by atoms with E-state index in [9.17, 15) is 9.18 Å². The molecule has 1 N–H and O–H groups in total. The molecule has 0 radical (unpaired) electrons. The minimum absolute atomic E-state index is 0.128. The highest BCUT2D eigenvalue weighted by atomic mass is 19.1. The Morgan fingerprint density at radius 3 is 2.91 bits per heavy atom. The Labute approximate surface area is 134 Å². The molecule has 1 unspecified atom stereocenters. The molecule has 1 aromatic heterocycles. The number of halogens is 1. The van der Waals surface area contributed by atoms with E-state index in [2.05, 4.69) is 20.8 Å². The molecule has 1 saturated carbocycles. The van der Waals surface area contributed by atoms with Crippen LogP contribution in [0.5, 0.6) is 0 Å². The average molecular weight is 317 g/mol. The van der Waals surface area contributed by atoms with Crippen molar-refractivity contribution in [3.05, 3.63) is 41.5 Å². The Bertz CT molecular complexity index is 683. The highest BCUT2D eigenvalue weighted by molar-refractivity contribution is 5.80. The van der Waals surface area contributed by atoms with Crippen molar-refractivity contribution in [2.24, 2.45) is 5.92 Å². The van der Waals surface area contributed by atoms with Crippen LogP contribution in [-0.2, 0) is 11.2 Å². The molecule has 1 atom stereocenters. The van der Waals surface area contributed by atoms with Crippen molar-refractivity contribution in [2.75, 3.05) is 6.54 Å². The summed E-state index contributed by atoms with van der Waals surface area (Å²) in [6.45, 7) is 2.43. The Balaban J connectivity index is 1.75. The SMILES string of the molecule is Cc1nnnn1C(Cc1cccc(F)c1)C(=O)NCC1CCC1. The van der Waals surface area contributed by atoms with Gasteiger partial charge in [-0.15, -0.1) is 5.10 Å². The summed E-state index contributed by atoms with van der Waals surface area (Å²) >= 11 is 0. The fourth-order valence-corrected chi connectivity index (χ4v) is 2.76. The zero-order chi connectivity index (χ0) is 16.2. The molecule has 1 amide bonds. The van der Waals surface area contributed by atoms with E-state index < -0.39 is 6.04 Å². The summed E-state index contributed by atoms with van der Waals surface area (Å²) in [5.74, 6) is 0.690. The van der Waals surface area contributed by atoms with E-state index >= 15 is 0 Å². The van der Waals surface area contributed by atoms with Crippen LogP contribution in [0.3, 0.4) is 0 Å². The topological polar surface area (TPSA) is 72.7 Å². The van der Waals surface area contributed by atoms with E-state index in [1.165, 1.54) is 36.1 Å². The van der Waals surface area contributed by atoms with Crippen molar-refractivity contribution >= 4 is 5.91 Å². The summed E-state index contributed by atoms with van der Waals surface area (Å²) in [5, 5.41) is 14.4. The van der Waals surface area contributed by atoms with Crippen LogP contribution < -0.4 is 5.32 Å². The number of amides is 1. The second-order valence-electron chi connectivity index (χ2n) is 6.06. The van der Waals surface area contributed by atoms with E-state index in [0.29, 0.717) is 24.7 Å². The summed E-state index contributed by atoms with van der Waals surface area (Å²) in [6.07, 6.45) is 3.91. The average Bonchev–Trinajstić information content (AvgIpc) is 2.89. The van der Waals surface area contributed by atoms with Gasteiger partial charge in [-0.2, -0.15) is 0 Å². The van der Waals surface area contributed by atoms with Crippen molar-refractivity contribution < 1.29 is 9.18 Å². The van der Waals surface area contributed by atoms with Gasteiger partial charge in [0.05, 0.1) is 0 Å². The van der Waals surface area contributed by atoms with Gasteiger partial charge in [-0.25, -0.2) is 9.07 Å². The molecule has 6 nitrogen and oxygen atoms in total. The number of rotatable bonds is 6. The molecular weight excluding hydrogens is 297 g/mol. The molecule has 23 heavy (non-hydrogen) atoms. The third kappa shape index (κ3) is 3.72. The maximum Gasteiger partial charge on any atom is 0.245 e. The number of hydrogen-bond donors (Lipinski definition) is 1. The number of nitrogens with one attached hydrogen (secondary N) is 1. The van der Waals surface area contributed by atoms with E-state index in [0.717, 1.165) is 5.56 Å². The van der Waals surface area contributed by atoms with Crippen LogP contribution in [0.1, 0.15) is 36.7 Å². The number of nitrogens with zero attached hydrogens (tertiary/aromatic N) is 4. The molecule has 1 aliphatic carbocycles. The van der Waals surface area contributed by atoms with Gasteiger partial charge in [0.2, 0.25) is 5.91 Å². The second kappa shape index (κ2) is 6.85. The van der Waals surface area contributed by atoms with E-state index in [-0.39, 0.29) is 11.7 Å². The lowest BCUT2D eigenvalue weighted by Crippen LogP contribution is -2.38. The standard InChI is InChI=1S/C16H20FN5O/c1-11-19-20-21-22(11)15(9-13-6-3-7-14(17)8-13)16(23)18-10-12-4-2-5-12/h3,6-8,12,15H,2,4-5,9-10H2,1H3,(H,18,23). The molecular formula is C16H20FN5O. The minimum Gasteiger partial charge on any atom is -0.354 e.